The molecule has 0 bridgehead atoms. The fourth-order valence-corrected chi connectivity index (χ4v) is 2.11. The lowest BCUT2D eigenvalue weighted by Gasteiger charge is -2.17. The highest BCUT2D eigenvalue weighted by Gasteiger charge is 2.07. The van der Waals surface area contributed by atoms with E-state index in [0.717, 1.165) is 36.4 Å². The Kier molecular flexibility index (Phi) is 7.79. The Morgan fingerprint density at radius 3 is 2.81 bits per heavy atom. The Balaban J connectivity index is 2.61. The van der Waals surface area contributed by atoms with Gasteiger partial charge in [0.25, 0.3) is 0 Å². The summed E-state index contributed by atoms with van der Waals surface area (Å²) in [7, 11) is 3.60. The number of hydrogen-bond acceptors (Lipinski definition) is 4. The molecular weight excluding hydrogens is 268 g/mol. The van der Waals surface area contributed by atoms with Crippen molar-refractivity contribution >= 4 is 5.97 Å². The predicted molar refractivity (Wildman–Crippen MR) is 83.6 cm³/mol. The summed E-state index contributed by atoms with van der Waals surface area (Å²) in [5.41, 5.74) is 2.27. The van der Waals surface area contributed by atoms with Crippen LogP contribution in [0.15, 0.2) is 18.2 Å². The van der Waals surface area contributed by atoms with Gasteiger partial charge in [0.05, 0.1) is 13.5 Å². The van der Waals surface area contributed by atoms with Crippen molar-refractivity contribution in [3.63, 3.8) is 0 Å². The van der Waals surface area contributed by atoms with E-state index in [2.05, 4.69) is 24.4 Å². The van der Waals surface area contributed by atoms with Crippen LogP contribution in [-0.4, -0.2) is 43.2 Å². The summed E-state index contributed by atoms with van der Waals surface area (Å²) in [5.74, 6) is 0.111. The van der Waals surface area contributed by atoms with Crippen LogP contribution in [0.2, 0.25) is 0 Å². The maximum absolute atomic E-state index is 10.6. The molecule has 1 aromatic rings. The highest BCUT2D eigenvalue weighted by Crippen LogP contribution is 2.21. The second-order valence-corrected chi connectivity index (χ2v) is 5.20. The van der Waals surface area contributed by atoms with Gasteiger partial charge in [-0.2, -0.15) is 0 Å². The number of nitrogens with one attached hydrogen (secondary N) is 1. The van der Waals surface area contributed by atoms with E-state index in [1.165, 1.54) is 0 Å². The van der Waals surface area contributed by atoms with Crippen LogP contribution in [0.1, 0.15) is 30.9 Å². The first-order valence-corrected chi connectivity index (χ1v) is 7.33. The molecule has 2 N–H and O–H groups in total. The Morgan fingerprint density at radius 1 is 1.43 bits per heavy atom. The van der Waals surface area contributed by atoms with Crippen LogP contribution in [0.25, 0.3) is 0 Å². The highest BCUT2D eigenvalue weighted by atomic mass is 16.5. The molecule has 0 radical (unpaired) electrons. The average Bonchev–Trinajstić information content (AvgIpc) is 2.46. The summed E-state index contributed by atoms with van der Waals surface area (Å²) in [6, 6.07) is 6.17. The Bertz CT molecular complexity index is 449. The lowest BCUT2D eigenvalue weighted by atomic mass is 10.1. The fourth-order valence-electron chi connectivity index (χ4n) is 2.11. The van der Waals surface area contributed by atoms with Crippen molar-refractivity contribution < 1.29 is 14.6 Å². The molecule has 0 aliphatic rings. The SMILES string of the molecule is CCCNCc1ccc(CN(C)CCC(=O)O)cc1OC. The molecular formula is C16H26N2O3. The minimum atomic E-state index is -0.767. The molecule has 0 atom stereocenters. The molecule has 0 saturated carbocycles. The third-order valence-corrected chi connectivity index (χ3v) is 3.25. The minimum Gasteiger partial charge on any atom is -0.496 e. The number of carboxylic acids is 1. The largest absolute Gasteiger partial charge is 0.496 e. The van der Waals surface area contributed by atoms with E-state index in [1.54, 1.807) is 7.11 Å². The number of rotatable bonds is 10. The fraction of sp³-hybridized carbons (Fsp3) is 0.562. The molecule has 118 valence electrons. The molecule has 0 unspecified atom stereocenters. The summed E-state index contributed by atoms with van der Waals surface area (Å²) in [6.07, 6.45) is 1.27. The zero-order valence-electron chi connectivity index (χ0n) is 13.2. The van der Waals surface area contributed by atoms with Gasteiger partial charge in [-0.1, -0.05) is 19.1 Å². The van der Waals surface area contributed by atoms with Crippen LogP contribution in [-0.2, 0) is 17.9 Å². The smallest absolute Gasteiger partial charge is 0.304 e. The Hall–Kier alpha value is -1.59. The molecule has 0 aliphatic carbocycles. The zero-order chi connectivity index (χ0) is 15.7. The van der Waals surface area contributed by atoms with E-state index in [4.69, 9.17) is 9.84 Å². The molecule has 0 fully saturated rings. The van der Waals surface area contributed by atoms with Gasteiger partial charge in [0.15, 0.2) is 0 Å². The number of nitrogens with zero attached hydrogens (tertiary/aromatic N) is 1. The van der Waals surface area contributed by atoms with Crippen molar-refractivity contribution in [1.29, 1.82) is 0 Å². The van der Waals surface area contributed by atoms with Gasteiger partial charge in [-0.15, -0.1) is 0 Å². The van der Waals surface area contributed by atoms with Crippen LogP contribution >= 0.6 is 0 Å². The number of benzene rings is 1. The molecule has 0 aromatic heterocycles. The first-order chi connectivity index (χ1) is 10.1. The van der Waals surface area contributed by atoms with Crippen molar-refractivity contribution in [2.45, 2.75) is 32.9 Å². The van der Waals surface area contributed by atoms with Crippen LogP contribution in [0.5, 0.6) is 5.75 Å². The maximum atomic E-state index is 10.6. The monoisotopic (exact) mass is 294 g/mol. The van der Waals surface area contributed by atoms with Gasteiger partial charge in [0, 0.05) is 25.2 Å². The van der Waals surface area contributed by atoms with Crippen molar-refractivity contribution in [3.8, 4) is 5.75 Å². The summed E-state index contributed by atoms with van der Waals surface area (Å²) in [5, 5.41) is 12.1. The Labute approximate surface area is 126 Å². The second kappa shape index (κ2) is 9.37. The van der Waals surface area contributed by atoms with Gasteiger partial charge in [-0.3, -0.25) is 4.79 Å². The lowest BCUT2D eigenvalue weighted by molar-refractivity contribution is -0.137. The molecule has 0 heterocycles. The average molecular weight is 294 g/mol. The van der Waals surface area contributed by atoms with E-state index >= 15 is 0 Å². The second-order valence-electron chi connectivity index (χ2n) is 5.20. The van der Waals surface area contributed by atoms with Crippen LogP contribution in [0.4, 0.5) is 0 Å². The normalized spacial score (nSPS) is 10.9. The van der Waals surface area contributed by atoms with Gasteiger partial charge in [-0.25, -0.2) is 0 Å². The summed E-state index contributed by atoms with van der Waals surface area (Å²) >= 11 is 0. The van der Waals surface area contributed by atoms with Crippen LogP contribution < -0.4 is 10.1 Å². The van der Waals surface area contributed by atoms with Gasteiger partial charge >= 0.3 is 5.97 Å². The van der Waals surface area contributed by atoms with E-state index in [9.17, 15) is 4.79 Å². The topological polar surface area (TPSA) is 61.8 Å². The van der Waals surface area contributed by atoms with Crippen molar-refractivity contribution in [3.05, 3.63) is 29.3 Å². The highest BCUT2D eigenvalue weighted by molar-refractivity contribution is 5.66. The Morgan fingerprint density at radius 2 is 2.19 bits per heavy atom. The third kappa shape index (κ3) is 6.60. The molecule has 0 aliphatic heterocycles. The van der Waals surface area contributed by atoms with Crippen LogP contribution in [0.3, 0.4) is 0 Å². The summed E-state index contributed by atoms with van der Waals surface area (Å²) < 4.78 is 5.44. The number of ether oxygens (including phenoxy) is 1. The van der Waals surface area contributed by atoms with Gasteiger partial charge in [0.1, 0.15) is 5.75 Å². The first-order valence-electron chi connectivity index (χ1n) is 7.33. The minimum absolute atomic E-state index is 0.159. The summed E-state index contributed by atoms with van der Waals surface area (Å²) in [4.78, 5) is 12.6. The van der Waals surface area contributed by atoms with Gasteiger partial charge < -0.3 is 20.1 Å². The molecule has 0 spiro atoms. The molecule has 1 rings (SSSR count). The van der Waals surface area contributed by atoms with E-state index in [1.807, 2.05) is 18.0 Å². The molecule has 0 amide bonds. The predicted octanol–water partition coefficient (Wildman–Crippen LogP) is 2.10. The van der Waals surface area contributed by atoms with Crippen molar-refractivity contribution in [1.82, 2.24) is 10.2 Å². The standard InChI is InChI=1S/C16H26N2O3/c1-4-8-17-11-14-6-5-13(10-15(14)21-3)12-18(2)9-7-16(19)20/h5-6,10,17H,4,7-9,11-12H2,1-3H3,(H,19,20). The van der Waals surface area contributed by atoms with Crippen LogP contribution in [0, 0.1) is 0 Å². The van der Waals surface area contributed by atoms with Gasteiger partial charge in [0.2, 0.25) is 0 Å². The van der Waals surface area contributed by atoms with Gasteiger partial charge in [-0.05, 0) is 31.6 Å². The van der Waals surface area contributed by atoms with Crippen molar-refractivity contribution in [2.24, 2.45) is 0 Å². The number of aliphatic carboxylic acids is 1. The number of carbonyl (C=O) groups is 1. The first kappa shape index (κ1) is 17.5. The maximum Gasteiger partial charge on any atom is 0.304 e. The quantitative estimate of drug-likeness (QED) is 0.647. The molecule has 5 nitrogen and oxygen atoms in total. The lowest BCUT2D eigenvalue weighted by Crippen LogP contribution is -2.21. The molecule has 21 heavy (non-hydrogen) atoms. The molecule has 0 saturated heterocycles. The summed E-state index contributed by atoms with van der Waals surface area (Å²) in [6.45, 7) is 5.18. The number of carboxylic acid groups (broad SMARTS) is 1. The zero-order valence-corrected chi connectivity index (χ0v) is 13.2. The number of methoxy groups -OCH3 is 1. The van der Waals surface area contributed by atoms with E-state index in [-0.39, 0.29) is 6.42 Å². The molecule has 1 aromatic carbocycles. The van der Waals surface area contributed by atoms with Crippen molar-refractivity contribution in [2.75, 3.05) is 27.2 Å². The van der Waals surface area contributed by atoms with E-state index in [0.29, 0.717) is 13.1 Å². The molecule has 5 heteroatoms. The van der Waals surface area contributed by atoms with E-state index < -0.39 is 5.97 Å². The third-order valence-electron chi connectivity index (χ3n) is 3.25. The number of hydrogen-bond donors (Lipinski definition) is 2.